The van der Waals surface area contributed by atoms with Gasteiger partial charge in [-0.1, -0.05) is 42.1 Å². The fraction of sp³-hybridized carbons (Fsp3) is 0.200. The van der Waals surface area contributed by atoms with Gasteiger partial charge < -0.3 is 4.74 Å². The number of Topliss-reactive ketones (excluding diaryl/α,β-unsaturated/α-hetero) is 1. The Balaban J connectivity index is 1.96. The average Bonchev–Trinajstić information content (AvgIpc) is 2.77. The highest BCUT2D eigenvalue weighted by atomic mass is 32.2. The van der Waals surface area contributed by atoms with Crippen LogP contribution in [0.25, 0.3) is 22.4 Å². The third-order valence-electron chi connectivity index (χ3n) is 4.40. The monoisotopic (exact) mass is 448 g/mol. The normalized spacial score (nSPS) is 10.6. The molecule has 162 valence electrons. The van der Waals surface area contributed by atoms with Gasteiger partial charge in [0.25, 0.3) is 0 Å². The molecule has 1 aromatic heterocycles. The molecule has 0 radical (unpaired) electrons. The van der Waals surface area contributed by atoms with Gasteiger partial charge in [0.2, 0.25) is 0 Å². The van der Waals surface area contributed by atoms with E-state index in [0.29, 0.717) is 27.4 Å². The van der Waals surface area contributed by atoms with Crippen LogP contribution in [0, 0.1) is 17.1 Å². The Morgan fingerprint density at radius 2 is 1.78 bits per heavy atom. The van der Waals surface area contributed by atoms with Crippen molar-refractivity contribution in [3.8, 4) is 28.5 Å². The number of nitriles is 1. The quantitative estimate of drug-likeness (QED) is 0.260. The molecule has 0 aliphatic rings. The maximum Gasteiger partial charge on any atom is 0.313 e. The first-order valence-electron chi connectivity index (χ1n) is 9.98. The van der Waals surface area contributed by atoms with Gasteiger partial charge in [0.1, 0.15) is 23.3 Å². The Kier molecular flexibility index (Phi) is 7.74. The third kappa shape index (κ3) is 6.02. The van der Waals surface area contributed by atoms with E-state index in [0.717, 1.165) is 17.3 Å². The lowest BCUT2D eigenvalue weighted by Crippen LogP contribution is -2.16. The molecular weight excluding hydrogens is 427 g/mol. The molecule has 3 aromatic rings. The Bertz CT molecular complexity index is 1160. The summed E-state index contributed by atoms with van der Waals surface area (Å²) in [5.41, 5.74) is 3.06. The van der Waals surface area contributed by atoms with Gasteiger partial charge in [0.05, 0.1) is 23.1 Å². The van der Waals surface area contributed by atoms with Crippen molar-refractivity contribution in [2.45, 2.75) is 31.4 Å². The molecule has 0 unspecified atom stereocenters. The number of ether oxygens (including phenoxy) is 1. The highest BCUT2D eigenvalue weighted by molar-refractivity contribution is 8.00. The molecule has 0 saturated heterocycles. The summed E-state index contributed by atoms with van der Waals surface area (Å²) in [6, 6.07) is 19.3. The number of esters is 1. The molecule has 0 fully saturated rings. The molecule has 0 bridgehead atoms. The van der Waals surface area contributed by atoms with E-state index in [1.165, 1.54) is 12.1 Å². The summed E-state index contributed by atoms with van der Waals surface area (Å²) in [5, 5.41) is 10.2. The summed E-state index contributed by atoms with van der Waals surface area (Å²) in [6.45, 7) is 3.43. The number of aromatic nitrogens is 1. The first kappa shape index (κ1) is 23.2. The number of hydrogen-bond donors (Lipinski definition) is 0. The van der Waals surface area contributed by atoms with Gasteiger partial charge in [0.15, 0.2) is 5.78 Å². The van der Waals surface area contributed by atoms with Gasteiger partial charge in [-0.05, 0) is 49.7 Å². The smallest absolute Gasteiger partial charge is 0.313 e. The van der Waals surface area contributed by atoms with E-state index in [4.69, 9.17) is 4.74 Å². The number of thioether (sulfide) groups is 1. The standard InChI is InChI=1S/C25H21FN2O3S/c1-16(2)31-24(30)12-20(29)15-32-25-22(14-27)21(17-6-4-3-5-7-17)13-23(28-25)18-8-10-19(26)11-9-18/h3-11,13,16H,12,15H2,1-2H3. The number of rotatable bonds is 8. The molecule has 1 heterocycles. The first-order chi connectivity index (χ1) is 15.4. The van der Waals surface area contributed by atoms with Gasteiger partial charge in [0, 0.05) is 11.1 Å². The minimum absolute atomic E-state index is 0.0318. The van der Waals surface area contributed by atoms with E-state index < -0.39 is 5.97 Å². The fourth-order valence-electron chi connectivity index (χ4n) is 3.01. The number of hydrogen-bond acceptors (Lipinski definition) is 6. The van der Waals surface area contributed by atoms with Crippen LogP contribution < -0.4 is 0 Å². The van der Waals surface area contributed by atoms with E-state index in [9.17, 15) is 19.2 Å². The van der Waals surface area contributed by atoms with Gasteiger partial charge >= 0.3 is 5.97 Å². The second-order valence-electron chi connectivity index (χ2n) is 7.26. The number of carbonyl (C=O) groups is 2. The molecule has 32 heavy (non-hydrogen) atoms. The van der Waals surface area contributed by atoms with Crippen molar-refractivity contribution in [1.29, 1.82) is 5.26 Å². The topological polar surface area (TPSA) is 80.1 Å². The second-order valence-corrected chi connectivity index (χ2v) is 8.23. The minimum atomic E-state index is -0.580. The maximum absolute atomic E-state index is 13.4. The van der Waals surface area contributed by atoms with Gasteiger partial charge in [-0.2, -0.15) is 5.26 Å². The number of carbonyl (C=O) groups excluding carboxylic acids is 2. The highest BCUT2D eigenvalue weighted by Crippen LogP contribution is 2.34. The van der Waals surface area contributed by atoms with Crippen molar-refractivity contribution in [1.82, 2.24) is 4.98 Å². The Morgan fingerprint density at radius 1 is 1.09 bits per heavy atom. The minimum Gasteiger partial charge on any atom is -0.463 e. The summed E-state index contributed by atoms with van der Waals surface area (Å²) in [7, 11) is 0. The van der Waals surface area contributed by atoms with Crippen molar-refractivity contribution in [3.63, 3.8) is 0 Å². The molecule has 5 nitrogen and oxygen atoms in total. The Hall–Kier alpha value is -3.50. The number of ketones is 1. The summed E-state index contributed by atoms with van der Waals surface area (Å²) >= 11 is 1.10. The lowest BCUT2D eigenvalue weighted by Gasteiger charge is -2.12. The van der Waals surface area contributed by atoms with E-state index in [1.807, 2.05) is 30.3 Å². The van der Waals surface area contributed by atoms with Crippen LogP contribution in [0.5, 0.6) is 0 Å². The van der Waals surface area contributed by atoms with Crippen molar-refractivity contribution in [2.24, 2.45) is 0 Å². The summed E-state index contributed by atoms with van der Waals surface area (Å²) in [6.07, 6.45) is -0.633. The molecule has 0 aliphatic heterocycles. The fourth-order valence-corrected chi connectivity index (χ4v) is 3.88. The van der Waals surface area contributed by atoms with Crippen LogP contribution in [0.4, 0.5) is 4.39 Å². The maximum atomic E-state index is 13.4. The SMILES string of the molecule is CC(C)OC(=O)CC(=O)CSc1nc(-c2ccc(F)cc2)cc(-c2ccccc2)c1C#N. The van der Waals surface area contributed by atoms with E-state index in [1.54, 1.807) is 32.0 Å². The molecular formula is C25H21FN2O3S. The largest absolute Gasteiger partial charge is 0.463 e. The zero-order valence-corrected chi connectivity index (χ0v) is 18.5. The van der Waals surface area contributed by atoms with E-state index in [-0.39, 0.29) is 29.9 Å². The van der Waals surface area contributed by atoms with Crippen LogP contribution in [-0.4, -0.2) is 28.6 Å². The highest BCUT2D eigenvalue weighted by Gasteiger charge is 2.18. The number of pyridine rings is 1. The predicted molar refractivity (Wildman–Crippen MR) is 121 cm³/mol. The summed E-state index contributed by atoms with van der Waals surface area (Å²) < 4.78 is 18.4. The average molecular weight is 449 g/mol. The lowest BCUT2D eigenvalue weighted by molar-refractivity contribution is -0.149. The van der Waals surface area contributed by atoms with Crippen LogP contribution in [0.15, 0.2) is 65.7 Å². The molecule has 0 saturated carbocycles. The van der Waals surface area contributed by atoms with Gasteiger partial charge in [-0.15, -0.1) is 0 Å². The molecule has 0 N–H and O–H groups in total. The second kappa shape index (κ2) is 10.7. The van der Waals surface area contributed by atoms with Crippen LogP contribution in [0.2, 0.25) is 0 Å². The van der Waals surface area contributed by atoms with Crippen LogP contribution in [0.1, 0.15) is 25.8 Å². The van der Waals surface area contributed by atoms with Crippen LogP contribution in [0.3, 0.4) is 0 Å². The zero-order chi connectivity index (χ0) is 23.1. The molecule has 0 aliphatic carbocycles. The Labute approximate surface area is 190 Å². The predicted octanol–water partition coefficient (Wildman–Crippen LogP) is 5.43. The van der Waals surface area contributed by atoms with Crippen molar-refractivity contribution < 1.29 is 18.7 Å². The molecule has 3 rings (SSSR count). The first-order valence-corrected chi connectivity index (χ1v) is 11.0. The molecule has 7 heteroatoms. The van der Waals surface area contributed by atoms with Crippen LogP contribution in [-0.2, 0) is 14.3 Å². The summed E-state index contributed by atoms with van der Waals surface area (Å²) in [5.74, 6) is -1.29. The van der Waals surface area contributed by atoms with Crippen molar-refractivity contribution in [3.05, 3.63) is 72.0 Å². The summed E-state index contributed by atoms with van der Waals surface area (Å²) in [4.78, 5) is 28.6. The molecule has 0 atom stereocenters. The van der Waals surface area contributed by atoms with Crippen molar-refractivity contribution >= 4 is 23.5 Å². The van der Waals surface area contributed by atoms with Crippen molar-refractivity contribution in [2.75, 3.05) is 5.75 Å². The lowest BCUT2D eigenvalue weighted by atomic mass is 9.99. The number of nitrogens with zero attached hydrogens (tertiary/aromatic N) is 2. The third-order valence-corrected chi connectivity index (χ3v) is 5.44. The van der Waals surface area contributed by atoms with E-state index >= 15 is 0 Å². The zero-order valence-electron chi connectivity index (χ0n) is 17.7. The van der Waals surface area contributed by atoms with Crippen LogP contribution >= 0.6 is 11.8 Å². The molecule has 2 aromatic carbocycles. The molecule has 0 amide bonds. The van der Waals surface area contributed by atoms with E-state index in [2.05, 4.69) is 11.1 Å². The number of benzene rings is 2. The van der Waals surface area contributed by atoms with Gasteiger partial charge in [-0.3, -0.25) is 9.59 Å². The van der Waals surface area contributed by atoms with Gasteiger partial charge in [-0.25, -0.2) is 9.37 Å². The Morgan fingerprint density at radius 3 is 2.41 bits per heavy atom. The molecule has 0 spiro atoms. The number of halogens is 1.